The monoisotopic (exact) mass is 570 g/mol. The molecule has 9 heteroatoms. The van der Waals surface area contributed by atoms with E-state index in [1.807, 2.05) is 7.05 Å². The van der Waals surface area contributed by atoms with E-state index in [0.29, 0.717) is 28.4 Å². The van der Waals surface area contributed by atoms with Gasteiger partial charge in [-0.15, -0.1) is 11.3 Å². The van der Waals surface area contributed by atoms with Crippen molar-refractivity contribution in [1.29, 1.82) is 0 Å². The number of anilines is 2. The van der Waals surface area contributed by atoms with Gasteiger partial charge in [-0.1, -0.05) is 13.8 Å². The van der Waals surface area contributed by atoms with Crippen LogP contribution in [0.25, 0.3) is 0 Å². The van der Waals surface area contributed by atoms with Crippen LogP contribution in [-0.4, -0.2) is 49.4 Å². The Morgan fingerprint density at radius 1 is 1.38 bits per heavy atom. The van der Waals surface area contributed by atoms with Crippen LogP contribution < -0.4 is 16.0 Å². The second kappa shape index (κ2) is 9.26. The first-order chi connectivity index (χ1) is 15.1. The predicted molar refractivity (Wildman–Crippen MR) is 135 cm³/mol. The first-order valence-electron chi connectivity index (χ1n) is 10.8. The molecule has 2 aromatic rings. The molecule has 2 amide bonds. The van der Waals surface area contributed by atoms with Crippen LogP contribution in [0.5, 0.6) is 0 Å². The van der Waals surface area contributed by atoms with E-state index in [2.05, 4.69) is 57.3 Å². The summed E-state index contributed by atoms with van der Waals surface area (Å²) in [5.74, 6) is -0.787. The van der Waals surface area contributed by atoms with Crippen LogP contribution in [0.1, 0.15) is 52.3 Å². The lowest BCUT2D eigenvalue weighted by atomic mass is 9.85. The van der Waals surface area contributed by atoms with Gasteiger partial charge in [0.2, 0.25) is 0 Å². The average Bonchev–Trinajstić information content (AvgIpc) is 3.00. The summed E-state index contributed by atoms with van der Waals surface area (Å²) in [4.78, 5) is 29.1. The minimum absolute atomic E-state index is 0.0484. The summed E-state index contributed by atoms with van der Waals surface area (Å²) >= 11 is 3.28. The summed E-state index contributed by atoms with van der Waals surface area (Å²) in [6.07, 6.45) is 2.53. The maximum absolute atomic E-state index is 14.6. The Kier molecular flexibility index (Phi) is 6.78. The van der Waals surface area contributed by atoms with Crippen molar-refractivity contribution in [3.05, 3.63) is 43.6 Å². The molecular weight excluding hydrogens is 542 g/mol. The Balaban J connectivity index is 1.74. The number of thiophene rings is 1. The van der Waals surface area contributed by atoms with Crippen molar-refractivity contribution in [3.8, 4) is 0 Å². The van der Waals surface area contributed by atoms with Crippen molar-refractivity contribution >= 4 is 56.4 Å². The minimum Gasteiger partial charge on any atom is -0.351 e. The van der Waals surface area contributed by atoms with Gasteiger partial charge >= 0.3 is 0 Å². The highest BCUT2D eigenvalue weighted by Crippen LogP contribution is 2.40. The fourth-order valence-corrected chi connectivity index (χ4v) is 5.94. The standard InChI is InChI=1S/C23H28FIN4O2S/c1-23(2)10-15-18(20(30)27-14-5-4-8-29(3)11-14)22(32-19(15)21(31)26-12-23)28-17-7-6-13(25)9-16(17)24/h6-7,9,14,28H,4-5,8,10-12H2,1-3H3,(H,26,31)(H,27,30)/t14-/m1/s1. The smallest absolute Gasteiger partial charge is 0.261 e. The third-order valence-electron chi connectivity index (χ3n) is 5.96. The highest BCUT2D eigenvalue weighted by atomic mass is 127. The summed E-state index contributed by atoms with van der Waals surface area (Å²) in [5.41, 5.74) is 1.28. The van der Waals surface area contributed by atoms with Crippen LogP contribution in [0.3, 0.4) is 0 Å². The molecule has 1 aromatic carbocycles. The van der Waals surface area contributed by atoms with E-state index in [-0.39, 0.29) is 29.0 Å². The molecule has 172 valence electrons. The number of hydrogen-bond donors (Lipinski definition) is 3. The van der Waals surface area contributed by atoms with Gasteiger partial charge in [-0.25, -0.2) is 4.39 Å². The SMILES string of the molecule is CN1CCC[C@@H](NC(=O)c2c(Nc3ccc(I)cc3F)sc3c2CC(C)(C)CNC3=O)C1. The lowest BCUT2D eigenvalue weighted by molar-refractivity contribution is 0.0911. The van der Waals surface area contributed by atoms with Gasteiger partial charge in [0.15, 0.2) is 0 Å². The fourth-order valence-electron chi connectivity index (χ4n) is 4.34. The van der Waals surface area contributed by atoms with Gasteiger partial charge in [0.25, 0.3) is 11.8 Å². The van der Waals surface area contributed by atoms with Crippen molar-refractivity contribution in [2.45, 2.75) is 39.2 Å². The summed E-state index contributed by atoms with van der Waals surface area (Å²) in [6.45, 7) is 6.50. The van der Waals surface area contributed by atoms with E-state index >= 15 is 0 Å². The largest absolute Gasteiger partial charge is 0.351 e. The number of rotatable bonds is 4. The van der Waals surface area contributed by atoms with Crippen molar-refractivity contribution in [3.63, 3.8) is 0 Å². The Bertz CT molecular complexity index is 1050. The number of carbonyl (C=O) groups excluding carboxylic acids is 2. The molecule has 0 saturated carbocycles. The molecule has 1 aromatic heterocycles. The first-order valence-corrected chi connectivity index (χ1v) is 12.7. The molecule has 0 bridgehead atoms. The molecule has 0 aliphatic carbocycles. The summed E-state index contributed by atoms with van der Waals surface area (Å²) in [7, 11) is 2.05. The van der Waals surface area contributed by atoms with Crippen molar-refractivity contribution in [1.82, 2.24) is 15.5 Å². The molecule has 3 heterocycles. The molecule has 0 unspecified atom stereocenters. The van der Waals surface area contributed by atoms with Gasteiger partial charge in [0.05, 0.1) is 16.1 Å². The predicted octanol–water partition coefficient (Wildman–Crippen LogP) is 4.37. The molecule has 2 aliphatic rings. The second-order valence-corrected chi connectivity index (χ2v) is 11.7. The molecule has 2 aliphatic heterocycles. The number of nitrogens with zero attached hydrogens (tertiary/aromatic N) is 1. The summed E-state index contributed by atoms with van der Waals surface area (Å²) in [6, 6.07) is 4.95. The van der Waals surface area contributed by atoms with E-state index < -0.39 is 5.82 Å². The Morgan fingerprint density at radius 3 is 2.88 bits per heavy atom. The molecule has 4 rings (SSSR count). The van der Waals surface area contributed by atoms with Crippen LogP contribution in [-0.2, 0) is 6.42 Å². The maximum Gasteiger partial charge on any atom is 0.261 e. The summed E-state index contributed by atoms with van der Waals surface area (Å²) in [5, 5.41) is 9.76. The lowest BCUT2D eigenvalue weighted by Gasteiger charge is -2.30. The topological polar surface area (TPSA) is 73.5 Å². The Hall–Kier alpha value is -1.72. The number of halogens is 2. The van der Waals surface area contributed by atoms with E-state index in [1.165, 1.54) is 17.4 Å². The Labute approximate surface area is 205 Å². The van der Waals surface area contributed by atoms with Crippen LogP contribution >= 0.6 is 33.9 Å². The molecular formula is C23H28FIN4O2S. The third kappa shape index (κ3) is 5.09. The molecule has 1 saturated heterocycles. The quantitative estimate of drug-likeness (QED) is 0.478. The summed E-state index contributed by atoms with van der Waals surface area (Å²) < 4.78 is 15.4. The van der Waals surface area contributed by atoms with Gasteiger partial charge in [-0.2, -0.15) is 0 Å². The zero-order valence-corrected chi connectivity index (χ0v) is 21.5. The number of carbonyl (C=O) groups is 2. The zero-order chi connectivity index (χ0) is 23.0. The molecule has 6 nitrogen and oxygen atoms in total. The number of nitrogens with one attached hydrogen (secondary N) is 3. The highest BCUT2D eigenvalue weighted by Gasteiger charge is 2.35. The maximum atomic E-state index is 14.6. The molecule has 32 heavy (non-hydrogen) atoms. The number of likely N-dealkylation sites (tertiary alicyclic amines) is 1. The van der Waals surface area contributed by atoms with E-state index in [9.17, 15) is 14.0 Å². The minimum atomic E-state index is -0.398. The molecule has 1 atom stereocenters. The second-order valence-electron chi connectivity index (χ2n) is 9.46. The van der Waals surface area contributed by atoms with E-state index in [0.717, 1.165) is 35.1 Å². The number of benzene rings is 1. The lowest BCUT2D eigenvalue weighted by Crippen LogP contribution is -2.46. The Morgan fingerprint density at radius 2 is 2.16 bits per heavy atom. The number of fused-ring (bicyclic) bond motifs is 1. The average molecular weight is 570 g/mol. The molecule has 1 fully saturated rings. The van der Waals surface area contributed by atoms with Gasteiger partial charge < -0.3 is 20.9 Å². The van der Waals surface area contributed by atoms with Gasteiger partial charge in [-0.3, -0.25) is 9.59 Å². The molecule has 3 N–H and O–H groups in total. The van der Waals surface area contributed by atoms with Crippen molar-refractivity contribution in [2.75, 3.05) is 32.0 Å². The number of likely N-dealkylation sites (N-methyl/N-ethyl adjacent to an activating group) is 1. The molecule has 0 radical (unpaired) electrons. The van der Waals surface area contributed by atoms with Crippen LogP contribution in [0.4, 0.5) is 15.1 Å². The highest BCUT2D eigenvalue weighted by molar-refractivity contribution is 14.1. The van der Waals surface area contributed by atoms with E-state index in [1.54, 1.807) is 12.1 Å². The number of piperidine rings is 1. The normalized spacial score (nSPS) is 20.8. The number of hydrogen-bond acceptors (Lipinski definition) is 5. The molecule has 0 spiro atoms. The van der Waals surface area contributed by atoms with Gasteiger partial charge in [0.1, 0.15) is 10.8 Å². The van der Waals surface area contributed by atoms with Crippen molar-refractivity contribution < 1.29 is 14.0 Å². The van der Waals surface area contributed by atoms with Crippen molar-refractivity contribution in [2.24, 2.45) is 5.41 Å². The third-order valence-corrected chi connectivity index (χ3v) is 7.78. The van der Waals surface area contributed by atoms with Gasteiger partial charge in [-0.05, 0) is 84.6 Å². The number of amides is 2. The van der Waals surface area contributed by atoms with E-state index in [4.69, 9.17) is 0 Å². The van der Waals surface area contributed by atoms with Crippen LogP contribution in [0.2, 0.25) is 0 Å². The fraction of sp³-hybridized carbons (Fsp3) is 0.478. The first kappa shape index (κ1) is 23.4. The zero-order valence-electron chi connectivity index (χ0n) is 18.5. The van der Waals surface area contributed by atoms with Crippen LogP contribution in [0.15, 0.2) is 18.2 Å². The van der Waals surface area contributed by atoms with Gasteiger partial charge in [0, 0.05) is 22.7 Å². The van der Waals surface area contributed by atoms with Crippen LogP contribution in [0, 0.1) is 14.8 Å².